The van der Waals surface area contributed by atoms with Crippen molar-refractivity contribution < 1.29 is 22.7 Å². The van der Waals surface area contributed by atoms with E-state index in [0.717, 1.165) is 11.8 Å². The molecular weight excluding hydrogens is 352 g/mol. The van der Waals surface area contributed by atoms with E-state index in [2.05, 4.69) is 0 Å². The Labute approximate surface area is 145 Å². The highest BCUT2D eigenvalue weighted by Crippen LogP contribution is 2.27. The van der Waals surface area contributed by atoms with Crippen LogP contribution in [0.3, 0.4) is 0 Å². The molecule has 1 atom stereocenters. The van der Waals surface area contributed by atoms with Gasteiger partial charge in [0.05, 0.1) is 17.5 Å². The first kappa shape index (κ1) is 17.2. The maximum Gasteiger partial charge on any atom is 0.289 e. The van der Waals surface area contributed by atoms with Crippen LogP contribution >= 0.6 is 11.8 Å². The van der Waals surface area contributed by atoms with Crippen LogP contribution in [0.5, 0.6) is 5.75 Å². The topological polar surface area (TPSA) is 84.0 Å². The summed E-state index contributed by atoms with van der Waals surface area (Å²) in [6, 6.07) is 8.66. The highest BCUT2D eigenvalue weighted by molar-refractivity contribution is 8.14. The van der Waals surface area contributed by atoms with Crippen molar-refractivity contribution in [2.45, 2.75) is 12.5 Å². The zero-order valence-corrected chi connectivity index (χ0v) is 14.6. The molecule has 0 aliphatic carbocycles. The Hall–Kier alpha value is -1.58. The molecule has 7 nitrogen and oxygen atoms in total. The Kier molecular flexibility index (Phi) is 5.12. The summed E-state index contributed by atoms with van der Waals surface area (Å²) in [7, 11) is -3.48. The predicted octanol–water partition coefficient (Wildman–Crippen LogP) is 1.16. The molecule has 1 aromatic rings. The van der Waals surface area contributed by atoms with Crippen LogP contribution in [0, 0.1) is 0 Å². The highest BCUT2D eigenvalue weighted by Gasteiger charge is 2.41. The summed E-state index contributed by atoms with van der Waals surface area (Å²) in [5.41, 5.74) is 0. The molecule has 2 aliphatic heterocycles. The number of imide groups is 1. The van der Waals surface area contributed by atoms with Crippen molar-refractivity contribution in [3.8, 4) is 5.75 Å². The maximum atomic E-state index is 12.4. The number of benzene rings is 1. The van der Waals surface area contributed by atoms with E-state index >= 15 is 0 Å². The van der Waals surface area contributed by atoms with Crippen LogP contribution in [0.25, 0.3) is 0 Å². The lowest BCUT2D eigenvalue weighted by Gasteiger charge is -2.21. The van der Waals surface area contributed by atoms with Crippen molar-refractivity contribution in [2.75, 3.05) is 31.2 Å². The van der Waals surface area contributed by atoms with E-state index in [1.165, 1.54) is 9.21 Å². The second-order valence-corrected chi connectivity index (χ2v) is 8.61. The van der Waals surface area contributed by atoms with E-state index in [1.807, 2.05) is 18.2 Å². The van der Waals surface area contributed by atoms with E-state index in [-0.39, 0.29) is 41.8 Å². The molecule has 2 saturated heterocycles. The first-order valence-corrected chi connectivity index (χ1v) is 10.2. The molecule has 0 radical (unpaired) electrons. The molecule has 2 aliphatic rings. The number of nitrogens with zero attached hydrogens (tertiary/aromatic N) is 2. The summed E-state index contributed by atoms with van der Waals surface area (Å²) in [6.45, 7) is 0.552. The quantitative estimate of drug-likeness (QED) is 0.747. The molecule has 1 aromatic carbocycles. The van der Waals surface area contributed by atoms with Crippen LogP contribution in [0.1, 0.15) is 6.42 Å². The lowest BCUT2D eigenvalue weighted by atomic mass is 10.2. The van der Waals surface area contributed by atoms with Gasteiger partial charge in [0.25, 0.3) is 5.24 Å². The molecule has 0 bridgehead atoms. The number of para-hydroxylation sites is 1. The van der Waals surface area contributed by atoms with Gasteiger partial charge in [-0.15, -0.1) is 0 Å². The van der Waals surface area contributed by atoms with Gasteiger partial charge in [0.1, 0.15) is 12.4 Å². The fraction of sp³-hybridized carbons (Fsp3) is 0.467. The summed E-state index contributed by atoms with van der Waals surface area (Å²) in [5.74, 6) is 0.400. The molecule has 24 heavy (non-hydrogen) atoms. The number of ether oxygens (including phenoxy) is 1. The largest absolute Gasteiger partial charge is 0.492 e. The number of carbonyl (C=O) groups excluding carboxylic acids is 2. The van der Waals surface area contributed by atoms with Crippen LogP contribution < -0.4 is 4.74 Å². The van der Waals surface area contributed by atoms with E-state index < -0.39 is 10.0 Å². The fourth-order valence-electron chi connectivity index (χ4n) is 2.80. The van der Waals surface area contributed by atoms with Crippen LogP contribution in [0.15, 0.2) is 30.3 Å². The summed E-state index contributed by atoms with van der Waals surface area (Å²) < 4.78 is 31.6. The van der Waals surface area contributed by atoms with Crippen LogP contribution in [0.4, 0.5) is 4.79 Å². The van der Waals surface area contributed by atoms with Crippen molar-refractivity contribution in [2.24, 2.45) is 0 Å². The first-order valence-electron chi connectivity index (χ1n) is 7.62. The molecule has 0 N–H and O–H groups in total. The molecule has 0 aromatic heterocycles. The standard InChI is InChI=1S/C15H18N2O5S2/c18-14-11-23-15(19)17(14)12-6-7-16(10-12)24(20,21)9-8-22-13-4-2-1-3-5-13/h1-5,12H,6-11H2. The zero-order valence-electron chi connectivity index (χ0n) is 13.0. The predicted molar refractivity (Wildman–Crippen MR) is 90.4 cm³/mol. The van der Waals surface area contributed by atoms with Crippen LogP contribution in [-0.4, -0.2) is 66.0 Å². The van der Waals surface area contributed by atoms with Crippen molar-refractivity contribution in [3.63, 3.8) is 0 Å². The maximum absolute atomic E-state index is 12.4. The number of hydrogen-bond donors (Lipinski definition) is 0. The van der Waals surface area contributed by atoms with Gasteiger partial charge in [-0.25, -0.2) is 8.42 Å². The molecule has 0 spiro atoms. The molecule has 0 saturated carbocycles. The third kappa shape index (κ3) is 3.73. The Morgan fingerprint density at radius 3 is 2.62 bits per heavy atom. The molecule has 130 valence electrons. The van der Waals surface area contributed by atoms with Gasteiger partial charge in [-0.05, 0) is 18.6 Å². The van der Waals surface area contributed by atoms with E-state index in [4.69, 9.17) is 4.74 Å². The zero-order chi connectivity index (χ0) is 17.2. The minimum absolute atomic E-state index is 0.0605. The highest BCUT2D eigenvalue weighted by atomic mass is 32.2. The lowest BCUT2D eigenvalue weighted by Crippen LogP contribution is -2.42. The van der Waals surface area contributed by atoms with Crippen LogP contribution in [-0.2, 0) is 14.8 Å². The first-order chi connectivity index (χ1) is 11.5. The number of rotatable bonds is 6. The normalized spacial score (nSPS) is 22.3. The Morgan fingerprint density at radius 2 is 1.96 bits per heavy atom. The second-order valence-electron chi connectivity index (χ2n) is 5.60. The van der Waals surface area contributed by atoms with E-state index in [0.29, 0.717) is 18.7 Å². The number of hydrogen-bond acceptors (Lipinski definition) is 6. The Balaban J connectivity index is 1.54. The third-order valence-electron chi connectivity index (χ3n) is 4.02. The Morgan fingerprint density at radius 1 is 1.21 bits per heavy atom. The van der Waals surface area contributed by atoms with Gasteiger partial charge in [0, 0.05) is 13.1 Å². The Bertz CT molecular complexity index is 707. The van der Waals surface area contributed by atoms with E-state index in [1.54, 1.807) is 12.1 Å². The van der Waals surface area contributed by atoms with Gasteiger partial charge < -0.3 is 4.74 Å². The van der Waals surface area contributed by atoms with Gasteiger partial charge in [-0.1, -0.05) is 30.0 Å². The molecule has 3 rings (SSSR count). The number of amides is 2. The summed E-state index contributed by atoms with van der Waals surface area (Å²) in [4.78, 5) is 24.7. The van der Waals surface area contributed by atoms with Crippen molar-refractivity contribution in [1.29, 1.82) is 0 Å². The molecule has 1 unspecified atom stereocenters. The van der Waals surface area contributed by atoms with Gasteiger partial charge in [-0.2, -0.15) is 4.31 Å². The number of sulfonamides is 1. The van der Waals surface area contributed by atoms with Crippen LogP contribution in [0.2, 0.25) is 0 Å². The fourth-order valence-corrected chi connectivity index (χ4v) is 4.91. The van der Waals surface area contributed by atoms with Crippen molar-refractivity contribution in [3.05, 3.63) is 30.3 Å². The van der Waals surface area contributed by atoms with Gasteiger partial charge >= 0.3 is 0 Å². The molecule has 2 heterocycles. The lowest BCUT2D eigenvalue weighted by molar-refractivity contribution is -0.126. The molecule has 2 amide bonds. The van der Waals surface area contributed by atoms with E-state index in [9.17, 15) is 18.0 Å². The van der Waals surface area contributed by atoms with Gasteiger partial charge in [0.15, 0.2) is 0 Å². The SMILES string of the molecule is O=C1CSC(=O)N1C1CCN(S(=O)(=O)CCOc2ccccc2)C1. The molecular formula is C15H18N2O5S2. The number of carbonyl (C=O) groups is 2. The minimum Gasteiger partial charge on any atom is -0.492 e. The number of thioether (sulfide) groups is 1. The third-order valence-corrected chi connectivity index (χ3v) is 6.66. The second kappa shape index (κ2) is 7.12. The van der Waals surface area contributed by atoms with Gasteiger partial charge in [0.2, 0.25) is 15.9 Å². The molecule has 2 fully saturated rings. The van der Waals surface area contributed by atoms with Crippen molar-refractivity contribution >= 4 is 32.9 Å². The summed E-state index contributed by atoms with van der Waals surface area (Å²) in [6.07, 6.45) is 0.483. The summed E-state index contributed by atoms with van der Waals surface area (Å²) >= 11 is 0.970. The molecule has 9 heteroatoms. The minimum atomic E-state index is -3.48. The average Bonchev–Trinajstić information content (AvgIpc) is 3.15. The monoisotopic (exact) mass is 370 g/mol. The van der Waals surface area contributed by atoms with Gasteiger partial charge in [-0.3, -0.25) is 14.5 Å². The smallest absolute Gasteiger partial charge is 0.289 e. The average molecular weight is 370 g/mol. The van der Waals surface area contributed by atoms with Crippen molar-refractivity contribution in [1.82, 2.24) is 9.21 Å². The summed E-state index contributed by atoms with van der Waals surface area (Å²) in [5, 5.41) is -0.281.